The Kier molecular flexibility index (Phi) is 6.02. The first-order valence-electron chi connectivity index (χ1n) is 6.28. The molecule has 0 unspecified atom stereocenters. The van der Waals surface area contributed by atoms with Crippen LogP contribution in [0.1, 0.15) is 19.4 Å². The quantitative estimate of drug-likeness (QED) is 0.442. The number of hydrogen-bond donors (Lipinski definition) is 2. The van der Waals surface area contributed by atoms with Crippen LogP contribution in [-0.2, 0) is 16.0 Å². The van der Waals surface area contributed by atoms with E-state index in [4.69, 9.17) is 0 Å². The lowest BCUT2D eigenvalue weighted by atomic mass is 10.0. The zero-order valence-corrected chi connectivity index (χ0v) is 11.2. The normalized spacial score (nSPS) is 12.0. The minimum Gasteiger partial charge on any atom is -0.351 e. The Balaban J connectivity index is 2.68. The zero-order chi connectivity index (χ0) is 14.3. The van der Waals surface area contributed by atoms with Crippen molar-refractivity contribution in [3.63, 3.8) is 0 Å². The van der Waals surface area contributed by atoms with Gasteiger partial charge in [-0.05, 0) is 12.0 Å². The van der Waals surface area contributed by atoms with Gasteiger partial charge in [-0.1, -0.05) is 44.2 Å². The smallest absolute Gasteiger partial charge is 0.233 e. The van der Waals surface area contributed by atoms with Gasteiger partial charge < -0.3 is 5.32 Å². The van der Waals surface area contributed by atoms with Gasteiger partial charge in [0.15, 0.2) is 0 Å². The molecule has 5 nitrogen and oxygen atoms in total. The number of carbonyl (C=O) groups is 2. The maximum Gasteiger partial charge on any atom is 0.233 e. The minimum atomic E-state index is -0.313. The van der Waals surface area contributed by atoms with Gasteiger partial charge in [0, 0.05) is 5.92 Å². The van der Waals surface area contributed by atoms with Crippen LogP contribution in [-0.4, -0.2) is 35.2 Å². The summed E-state index contributed by atoms with van der Waals surface area (Å²) < 4.78 is 0. The molecule has 1 rings (SSSR count). The van der Waals surface area contributed by atoms with E-state index in [9.17, 15) is 14.8 Å². The number of nitrogens with one attached hydrogen (secondary N) is 1. The summed E-state index contributed by atoms with van der Waals surface area (Å²) in [4.78, 5) is 22.2. The molecule has 0 aliphatic heterocycles. The summed E-state index contributed by atoms with van der Waals surface area (Å²) in [7, 11) is 0. The Morgan fingerprint density at radius 1 is 1.37 bits per heavy atom. The third-order valence-corrected chi connectivity index (χ3v) is 2.72. The molecule has 0 saturated heterocycles. The van der Waals surface area contributed by atoms with Crippen LogP contribution in [0.2, 0.25) is 0 Å². The van der Waals surface area contributed by atoms with Gasteiger partial charge in [0.25, 0.3) is 0 Å². The van der Waals surface area contributed by atoms with E-state index in [0.29, 0.717) is 17.9 Å². The Hall–Kier alpha value is -1.88. The van der Waals surface area contributed by atoms with Crippen molar-refractivity contribution in [1.29, 1.82) is 0 Å². The molecule has 5 heteroatoms. The first-order valence-corrected chi connectivity index (χ1v) is 6.28. The molecule has 0 aliphatic carbocycles. The van der Waals surface area contributed by atoms with Crippen molar-refractivity contribution in [2.45, 2.75) is 26.3 Å². The molecule has 0 aliphatic rings. The van der Waals surface area contributed by atoms with E-state index in [-0.39, 0.29) is 24.4 Å². The Labute approximate surface area is 113 Å². The molecule has 0 radical (unpaired) electrons. The van der Waals surface area contributed by atoms with Gasteiger partial charge in [-0.15, -0.1) is 0 Å². The molecule has 2 N–H and O–H groups in total. The maximum atomic E-state index is 11.7. The first kappa shape index (κ1) is 15.2. The molecule has 0 bridgehead atoms. The number of amides is 2. The standard InChI is InChI=1S/C14H20N2O3/c1-11(2)14(18)15-13(9-16(19)10-17)8-12-6-4-3-5-7-12/h3-7,10-11,13,19H,8-9H2,1-2H3,(H,15,18)/t13-/m0/s1. The van der Waals surface area contributed by atoms with E-state index in [2.05, 4.69) is 5.32 Å². The van der Waals surface area contributed by atoms with E-state index in [1.165, 1.54) is 0 Å². The highest BCUT2D eigenvalue weighted by atomic mass is 16.5. The van der Waals surface area contributed by atoms with Crippen molar-refractivity contribution in [2.75, 3.05) is 6.54 Å². The van der Waals surface area contributed by atoms with E-state index in [1.54, 1.807) is 13.8 Å². The van der Waals surface area contributed by atoms with E-state index in [1.807, 2.05) is 30.3 Å². The Morgan fingerprint density at radius 2 is 2.00 bits per heavy atom. The number of hydroxylamine groups is 2. The van der Waals surface area contributed by atoms with Crippen molar-refractivity contribution in [2.24, 2.45) is 5.92 Å². The van der Waals surface area contributed by atoms with Gasteiger partial charge in [0.1, 0.15) is 0 Å². The molecule has 0 heterocycles. The summed E-state index contributed by atoms with van der Waals surface area (Å²) in [6.07, 6.45) is 0.893. The van der Waals surface area contributed by atoms with Crippen molar-refractivity contribution in [3.8, 4) is 0 Å². The van der Waals surface area contributed by atoms with Crippen molar-refractivity contribution >= 4 is 12.3 Å². The van der Waals surface area contributed by atoms with Crippen LogP contribution in [0.15, 0.2) is 30.3 Å². The molecular formula is C14H20N2O3. The molecular weight excluding hydrogens is 244 g/mol. The van der Waals surface area contributed by atoms with Crippen molar-refractivity contribution in [1.82, 2.24) is 10.4 Å². The second-order valence-electron chi connectivity index (χ2n) is 4.78. The minimum absolute atomic E-state index is 0.0663. The lowest BCUT2D eigenvalue weighted by Gasteiger charge is -2.22. The average molecular weight is 264 g/mol. The van der Waals surface area contributed by atoms with Crippen LogP contribution in [0, 0.1) is 5.92 Å². The van der Waals surface area contributed by atoms with Crippen LogP contribution in [0.5, 0.6) is 0 Å². The first-order chi connectivity index (χ1) is 9.02. The maximum absolute atomic E-state index is 11.7. The summed E-state index contributed by atoms with van der Waals surface area (Å²) in [5, 5.41) is 12.7. The van der Waals surface area contributed by atoms with Gasteiger partial charge >= 0.3 is 0 Å². The second kappa shape index (κ2) is 7.53. The fraction of sp³-hybridized carbons (Fsp3) is 0.429. The summed E-state index contributed by atoms with van der Waals surface area (Å²) >= 11 is 0. The lowest BCUT2D eigenvalue weighted by molar-refractivity contribution is -0.151. The largest absolute Gasteiger partial charge is 0.351 e. The third kappa shape index (κ3) is 5.52. The Bertz CT molecular complexity index is 406. The predicted molar refractivity (Wildman–Crippen MR) is 71.5 cm³/mol. The monoisotopic (exact) mass is 264 g/mol. The molecule has 0 fully saturated rings. The fourth-order valence-electron chi connectivity index (χ4n) is 1.70. The van der Waals surface area contributed by atoms with Gasteiger partial charge in [-0.3, -0.25) is 14.8 Å². The SMILES string of the molecule is CC(C)C(=O)N[C@@H](Cc1ccccc1)CN(O)C=O. The van der Waals surface area contributed by atoms with Crippen LogP contribution < -0.4 is 5.32 Å². The van der Waals surface area contributed by atoms with Crippen molar-refractivity contribution < 1.29 is 14.8 Å². The zero-order valence-electron chi connectivity index (χ0n) is 11.2. The van der Waals surface area contributed by atoms with Gasteiger partial charge in [-0.25, -0.2) is 5.06 Å². The highest BCUT2D eigenvalue weighted by Crippen LogP contribution is 2.05. The van der Waals surface area contributed by atoms with Crippen LogP contribution in [0.3, 0.4) is 0 Å². The van der Waals surface area contributed by atoms with E-state index in [0.717, 1.165) is 5.56 Å². The topological polar surface area (TPSA) is 69.6 Å². The molecule has 0 saturated carbocycles. The molecule has 0 aromatic heterocycles. The number of carbonyl (C=O) groups excluding carboxylic acids is 2. The molecule has 1 atom stereocenters. The third-order valence-electron chi connectivity index (χ3n) is 2.72. The highest BCUT2D eigenvalue weighted by molar-refractivity contribution is 5.78. The Morgan fingerprint density at radius 3 is 2.53 bits per heavy atom. The number of hydrogen-bond acceptors (Lipinski definition) is 3. The summed E-state index contributed by atoms with van der Waals surface area (Å²) in [5.41, 5.74) is 1.04. The molecule has 0 spiro atoms. The number of rotatable bonds is 7. The van der Waals surface area contributed by atoms with Crippen molar-refractivity contribution in [3.05, 3.63) is 35.9 Å². The molecule has 104 valence electrons. The fourth-order valence-corrected chi connectivity index (χ4v) is 1.70. The number of nitrogens with zero attached hydrogens (tertiary/aromatic N) is 1. The predicted octanol–water partition coefficient (Wildman–Crippen LogP) is 1.22. The number of benzene rings is 1. The van der Waals surface area contributed by atoms with Gasteiger partial charge in [0.05, 0.1) is 12.6 Å². The molecule has 1 aromatic carbocycles. The second-order valence-corrected chi connectivity index (χ2v) is 4.78. The summed E-state index contributed by atoms with van der Waals surface area (Å²) in [6.45, 7) is 3.66. The summed E-state index contributed by atoms with van der Waals surface area (Å²) in [5.74, 6) is -0.234. The average Bonchev–Trinajstić information content (AvgIpc) is 2.39. The van der Waals surface area contributed by atoms with Crippen LogP contribution in [0.25, 0.3) is 0 Å². The van der Waals surface area contributed by atoms with Gasteiger partial charge in [-0.2, -0.15) is 0 Å². The highest BCUT2D eigenvalue weighted by Gasteiger charge is 2.17. The summed E-state index contributed by atoms with van der Waals surface area (Å²) in [6, 6.07) is 9.30. The van der Waals surface area contributed by atoms with E-state index >= 15 is 0 Å². The van der Waals surface area contributed by atoms with Gasteiger partial charge in [0.2, 0.25) is 12.3 Å². The molecule has 2 amide bonds. The molecule has 1 aromatic rings. The molecule has 19 heavy (non-hydrogen) atoms. The van der Waals surface area contributed by atoms with Crippen LogP contribution >= 0.6 is 0 Å². The lowest BCUT2D eigenvalue weighted by Crippen LogP contribution is -2.45. The van der Waals surface area contributed by atoms with E-state index < -0.39 is 0 Å². The van der Waals surface area contributed by atoms with Crippen LogP contribution in [0.4, 0.5) is 0 Å².